The fourth-order valence-corrected chi connectivity index (χ4v) is 1.45. The van der Waals surface area contributed by atoms with E-state index in [0.29, 0.717) is 23.3 Å². The van der Waals surface area contributed by atoms with Crippen molar-refractivity contribution in [2.24, 2.45) is 0 Å². The fourth-order valence-electron chi connectivity index (χ4n) is 1.45. The molecule has 88 valence electrons. The standard InChI is InChI=1S/C11H12N4O2/c1-2-5-12-10(16)13-7-3-4-8-9(6-7)15-11(17)14-8/h2-4,6H,1,5H2,(H2,12,13,16)(H2,14,15,17). The largest absolute Gasteiger partial charge is 0.334 e. The molecule has 0 bridgehead atoms. The maximum atomic E-state index is 11.4. The van der Waals surface area contributed by atoms with Gasteiger partial charge < -0.3 is 20.6 Å². The van der Waals surface area contributed by atoms with Crippen LogP contribution in [0.5, 0.6) is 0 Å². The number of carbonyl (C=O) groups excluding carboxylic acids is 1. The van der Waals surface area contributed by atoms with Crippen molar-refractivity contribution in [2.75, 3.05) is 11.9 Å². The van der Waals surface area contributed by atoms with E-state index in [-0.39, 0.29) is 11.7 Å². The first-order chi connectivity index (χ1) is 8.19. The van der Waals surface area contributed by atoms with E-state index in [1.165, 1.54) is 0 Å². The normalized spacial score (nSPS) is 10.1. The molecular formula is C11H12N4O2. The van der Waals surface area contributed by atoms with Gasteiger partial charge in [0.1, 0.15) is 0 Å². The van der Waals surface area contributed by atoms with Gasteiger partial charge in [0.05, 0.1) is 11.0 Å². The van der Waals surface area contributed by atoms with Gasteiger partial charge in [-0.3, -0.25) is 0 Å². The minimum absolute atomic E-state index is 0.270. The zero-order chi connectivity index (χ0) is 12.3. The van der Waals surface area contributed by atoms with Crippen molar-refractivity contribution in [2.45, 2.75) is 0 Å². The summed E-state index contributed by atoms with van der Waals surface area (Å²) < 4.78 is 0. The van der Waals surface area contributed by atoms with Crippen LogP contribution >= 0.6 is 0 Å². The van der Waals surface area contributed by atoms with E-state index in [4.69, 9.17) is 0 Å². The Bertz CT molecular complexity index is 611. The number of aromatic amines is 2. The summed E-state index contributed by atoms with van der Waals surface area (Å²) in [5.74, 6) is 0. The molecule has 0 aliphatic heterocycles. The van der Waals surface area contributed by atoms with E-state index in [1.54, 1.807) is 24.3 Å². The van der Waals surface area contributed by atoms with Crippen LogP contribution in [0.15, 0.2) is 35.6 Å². The van der Waals surface area contributed by atoms with Crippen LogP contribution in [0.3, 0.4) is 0 Å². The molecule has 6 heteroatoms. The fraction of sp³-hybridized carbons (Fsp3) is 0.0909. The number of anilines is 1. The highest BCUT2D eigenvalue weighted by atomic mass is 16.2. The Labute approximate surface area is 96.7 Å². The highest BCUT2D eigenvalue weighted by Gasteiger charge is 2.02. The summed E-state index contributed by atoms with van der Waals surface area (Å²) in [4.78, 5) is 27.6. The minimum atomic E-state index is -0.317. The number of carbonyl (C=O) groups is 1. The Morgan fingerprint density at radius 1 is 1.35 bits per heavy atom. The summed E-state index contributed by atoms with van der Waals surface area (Å²) in [7, 11) is 0. The molecule has 2 amide bonds. The topological polar surface area (TPSA) is 89.8 Å². The van der Waals surface area contributed by atoms with Crippen LogP contribution in [0, 0.1) is 0 Å². The van der Waals surface area contributed by atoms with Crippen LogP contribution in [0.25, 0.3) is 11.0 Å². The molecule has 0 unspecified atom stereocenters. The molecule has 1 aromatic carbocycles. The lowest BCUT2D eigenvalue weighted by atomic mass is 10.3. The molecule has 0 aliphatic rings. The molecule has 1 heterocycles. The van der Waals surface area contributed by atoms with Crippen LogP contribution in [-0.2, 0) is 0 Å². The van der Waals surface area contributed by atoms with Crippen molar-refractivity contribution < 1.29 is 4.79 Å². The maximum Gasteiger partial charge on any atom is 0.323 e. The first-order valence-electron chi connectivity index (χ1n) is 5.07. The molecule has 2 rings (SSSR count). The van der Waals surface area contributed by atoms with Gasteiger partial charge in [-0.05, 0) is 18.2 Å². The second-order valence-electron chi connectivity index (χ2n) is 3.46. The number of rotatable bonds is 3. The lowest BCUT2D eigenvalue weighted by molar-refractivity contribution is 0.253. The van der Waals surface area contributed by atoms with Crippen LogP contribution in [0.4, 0.5) is 10.5 Å². The number of hydrogen-bond donors (Lipinski definition) is 4. The molecule has 0 saturated carbocycles. The van der Waals surface area contributed by atoms with Crippen molar-refractivity contribution in [1.82, 2.24) is 15.3 Å². The number of aromatic nitrogens is 2. The third kappa shape index (κ3) is 2.54. The van der Waals surface area contributed by atoms with Crippen molar-refractivity contribution >= 4 is 22.8 Å². The van der Waals surface area contributed by atoms with E-state index in [2.05, 4.69) is 27.2 Å². The molecule has 0 saturated heterocycles. The Balaban J connectivity index is 2.16. The van der Waals surface area contributed by atoms with Gasteiger partial charge in [-0.15, -0.1) is 6.58 Å². The van der Waals surface area contributed by atoms with E-state index >= 15 is 0 Å². The molecular weight excluding hydrogens is 220 g/mol. The predicted molar refractivity (Wildman–Crippen MR) is 66.1 cm³/mol. The second kappa shape index (κ2) is 4.56. The van der Waals surface area contributed by atoms with E-state index in [9.17, 15) is 9.59 Å². The lowest BCUT2D eigenvalue weighted by Crippen LogP contribution is -2.28. The van der Waals surface area contributed by atoms with Crippen molar-refractivity contribution in [3.8, 4) is 0 Å². The first-order valence-corrected chi connectivity index (χ1v) is 5.07. The summed E-state index contributed by atoms with van der Waals surface area (Å²) in [5, 5.41) is 5.23. The van der Waals surface area contributed by atoms with E-state index < -0.39 is 0 Å². The number of nitrogens with one attached hydrogen (secondary N) is 4. The average molecular weight is 232 g/mol. The number of fused-ring (bicyclic) bond motifs is 1. The first kappa shape index (κ1) is 11.0. The average Bonchev–Trinajstić information content (AvgIpc) is 2.65. The summed E-state index contributed by atoms with van der Waals surface area (Å²) >= 11 is 0. The van der Waals surface area contributed by atoms with Gasteiger partial charge in [0, 0.05) is 12.2 Å². The Morgan fingerprint density at radius 3 is 2.88 bits per heavy atom. The van der Waals surface area contributed by atoms with Gasteiger partial charge in [-0.1, -0.05) is 6.08 Å². The van der Waals surface area contributed by atoms with E-state index in [0.717, 1.165) is 0 Å². The summed E-state index contributed by atoms with van der Waals surface area (Å²) in [6, 6.07) is 4.79. The van der Waals surface area contributed by atoms with Gasteiger partial charge in [0.25, 0.3) is 0 Å². The minimum Gasteiger partial charge on any atom is -0.334 e. The van der Waals surface area contributed by atoms with Crippen molar-refractivity contribution in [3.05, 3.63) is 41.3 Å². The molecule has 0 atom stereocenters. The zero-order valence-electron chi connectivity index (χ0n) is 9.04. The van der Waals surface area contributed by atoms with Crippen molar-refractivity contribution in [1.29, 1.82) is 0 Å². The zero-order valence-corrected chi connectivity index (χ0v) is 9.04. The number of H-pyrrole nitrogens is 2. The third-order valence-corrected chi connectivity index (χ3v) is 2.18. The lowest BCUT2D eigenvalue weighted by Gasteiger charge is -2.05. The predicted octanol–water partition coefficient (Wildman–Crippen LogP) is 1.16. The summed E-state index contributed by atoms with van der Waals surface area (Å²) in [6.07, 6.45) is 1.59. The molecule has 17 heavy (non-hydrogen) atoms. The number of benzene rings is 1. The molecule has 2 aromatic rings. The highest BCUT2D eigenvalue weighted by molar-refractivity contribution is 5.91. The molecule has 4 N–H and O–H groups in total. The van der Waals surface area contributed by atoms with Gasteiger partial charge in [0.2, 0.25) is 0 Å². The quantitative estimate of drug-likeness (QED) is 0.598. The number of imidazole rings is 1. The van der Waals surface area contributed by atoms with Crippen LogP contribution in [0.2, 0.25) is 0 Å². The molecule has 1 aromatic heterocycles. The van der Waals surface area contributed by atoms with Gasteiger partial charge in [0.15, 0.2) is 0 Å². The third-order valence-electron chi connectivity index (χ3n) is 2.18. The summed E-state index contributed by atoms with van der Waals surface area (Å²) in [5.41, 5.74) is 1.69. The van der Waals surface area contributed by atoms with Gasteiger partial charge >= 0.3 is 11.7 Å². The van der Waals surface area contributed by atoms with Crippen LogP contribution < -0.4 is 16.3 Å². The highest BCUT2D eigenvalue weighted by Crippen LogP contribution is 2.14. The monoisotopic (exact) mass is 232 g/mol. The van der Waals surface area contributed by atoms with Gasteiger partial charge in [-0.25, -0.2) is 9.59 Å². The number of hydrogen-bond acceptors (Lipinski definition) is 2. The van der Waals surface area contributed by atoms with Gasteiger partial charge in [-0.2, -0.15) is 0 Å². The Kier molecular flexibility index (Phi) is 2.95. The Hall–Kier alpha value is -2.50. The van der Waals surface area contributed by atoms with Crippen LogP contribution in [0.1, 0.15) is 0 Å². The number of amides is 2. The molecule has 0 fully saturated rings. The maximum absolute atomic E-state index is 11.4. The summed E-state index contributed by atoms with van der Waals surface area (Å²) in [6.45, 7) is 3.89. The van der Waals surface area contributed by atoms with E-state index in [1.807, 2.05) is 0 Å². The molecule has 0 radical (unpaired) electrons. The molecule has 6 nitrogen and oxygen atoms in total. The number of urea groups is 1. The van der Waals surface area contributed by atoms with Crippen molar-refractivity contribution in [3.63, 3.8) is 0 Å². The SMILES string of the molecule is C=CCNC(=O)Nc1ccc2[nH]c(=O)[nH]c2c1. The molecule has 0 spiro atoms. The molecule has 0 aliphatic carbocycles. The van der Waals surface area contributed by atoms with Crippen LogP contribution in [-0.4, -0.2) is 22.5 Å². The second-order valence-corrected chi connectivity index (χ2v) is 3.46. The smallest absolute Gasteiger partial charge is 0.323 e. The Morgan fingerprint density at radius 2 is 2.12 bits per heavy atom.